The summed E-state index contributed by atoms with van der Waals surface area (Å²) in [5, 5.41) is 22.7. The van der Waals surface area contributed by atoms with E-state index in [1.54, 1.807) is 53.7 Å². The van der Waals surface area contributed by atoms with Gasteiger partial charge in [-0.25, -0.2) is 9.59 Å². The van der Waals surface area contributed by atoms with E-state index < -0.39 is 41.1 Å². The summed E-state index contributed by atoms with van der Waals surface area (Å²) in [5.41, 5.74) is 5.67. The molecule has 3 rings (SSSR count). The van der Waals surface area contributed by atoms with Crippen molar-refractivity contribution < 1.29 is 33.7 Å². The quantitative estimate of drug-likeness (QED) is 0.211. The number of nitrogen functional groups attached to an aromatic ring is 1. The maximum Gasteiger partial charge on any atom is 0.342 e. The zero-order valence-corrected chi connectivity index (χ0v) is 23.9. The topological polar surface area (TPSA) is 154 Å². The molecule has 0 spiro atoms. The lowest BCUT2D eigenvalue weighted by Gasteiger charge is -2.34. The molecule has 10 nitrogen and oxygen atoms in total. The summed E-state index contributed by atoms with van der Waals surface area (Å²) >= 11 is 1.33. The highest BCUT2D eigenvalue weighted by Crippen LogP contribution is 2.52. The highest BCUT2D eigenvalue weighted by Gasteiger charge is 2.49. The smallest absolute Gasteiger partial charge is 0.342 e. The first-order valence-corrected chi connectivity index (χ1v) is 13.3. The Kier molecular flexibility index (Phi) is 8.61. The van der Waals surface area contributed by atoms with Crippen molar-refractivity contribution in [3.05, 3.63) is 50.5 Å². The number of nitrogens with zero attached hydrogens (tertiary/aromatic N) is 2. The zero-order chi connectivity index (χ0) is 29.2. The standard InChI is InChI=1S/C28H33N3O7S/c1-8-36-25(33)18-14(3)31-23(22(26(34)37-9-2)21(18)17-11-10-12-39-17)20(16(13-29)24(31)30)19(15(4)32)27(35)38-28(5,6)7/h10-12,21-22,32H,8-9,30H2,1-7H3/b19-15-/t21-,22+/m1/s1. The van der Waals surface area contributed by atoms with Gasteiger partial charge in [0.2, 0.25) is 0 Å². The Labute approximate surface area is 231 Å². The molecular formula is C28H33N3O7S. The monoisotopic (exact) mass is 555 g/mol. The Bertz CT molecular complexity index is 1400. The number of aliphatic hydroxyl groups excluding tert-OH is 1. The van der Waals surface area contributed by atoms with Crippen molar-refractivity contribution in [3.63, 3.8) is 0 Å². The van der Waals surface area contributed by atoms with Crippen LogP contribution in [0.15, 0.2) is 28.8 Å². The highest BCUT2D eigenvalue weighted by molar-refractivity contribution is 7.10. The van der Waals surface area contributed by atoms with Gasteiger partial charge in [0.1, 0.15) is 40.3 Å². The number of carbonyl (C=O) groups excluding carboxylic acids is 3. The van der Waals surface area contributed by atoms with E-state index in [0.717, 1.165) is 0 Å². The van der Waals surface area contributed by atoms with E-state index in [-0.39, 0.29) is 47.0 Å². The Morgan fingerprint density at radius 3 is 2.33 bits per heavy atom. The fraction of sp³-hybridized carbons (Fsp3) is 0.429. The first-order chi connectivity index (χ1) is 18.3. The number of aromatic nitrogens is 1. The van der Waals surface area contributed by atoms with Crippen molar-refractivity contribution in [1.29, 1.82) is 5.26 Å². The predicted molar refractivity (Wildman–Crippen MR) is 147 cm³/mol. The number of nitrogens with two attached hydrogens (primary N) is 1. The molecule has 3 heterocycles. The third-order valence-electron chi connectivity index (χ3n) is 6.12. The average Bonchev–Trinajstić information content (AvgIpc) is 3.45. The van der Waals surface area contributed by atoms with E-state index in [0.29, 0.717) is 10.6 Å². The molecule has 0 amide bonds. The summed E-state index contributed by atoms with van der Waals surface area (Å²) in [6.45, 7) is 11.3. The van der Waals surface area contributed by atoms with Crippen LogP contribution < -0.4 is 5.73 Å². The van der Waals surface area contributed by atoms with E-state index in [4.69, 9.17) is 19.9 Å². The summed E-state index contributed by atoms with van der Waals surface area (Å²) < 4.78 is 17.8. The Morgan fingerprint density at radius 2 is 1.85 bits per heavy atom. The Hall–Kier alpha value is -4.04. The molecule has 2 atom stereocenters. The average molecular weight is 556 g/mol. The molecule has 208 valence electrons. The van der Waals surface area contributed by atoms with Crippen LogP contribution in [0.1, 0.15) is 82.0 Å². The Balaban J connectivity index is 2.54. The molecule has 0 saturated heterocycles. The van der Waals surface area contributed by atoms with Crippen LogP contribution in [-0.2, 0) is 28.6 Å². The summed E-state index contributed by atoms with van der Waals surface area (Å²) in [6.07, 6.45) is 0. The number of thiophene rings is 1. The molecule has 0 aromatic carbocycles. The van der Waals surface area contributed by atoms with Crippen LogP contribution in [0.4, 0.5) is 5.82 Å². The van der Waals surface area contributed by atoms with Gasteiger partial charge in [0.15, 0.2) is 0 Å². The summed E-state index contributed by atoms with van der Waals surface area (Å²) in [4.78, 5) is 41.2. The fourth-order valence-electron chi connectivity index (χ4n) is 4.80. The van der Waals surface area contributed by atoms with Crippen molar-refractivity contribution in [2.75, 3.05) is 18.9 Å². The number of rotatable bonds is 7. The first kappa shape index (κ1) is 29.5. The number of allylic oxidation sites excluding steroid dienone is 2. The molecule has 1 aliphatic heterocycles. The van der Waals surface area contributed by atoms with Crippen LogP contribution in [-0.4, -0.2) is 46.4 Å². The molecule has 0 aliphatic carbocycles. The van der Waals surface area contributed by atoms with E-state index in [1.165, 1.54) is 22.8 Å². The minimum Gasteiger partial charge on any atom is -0.512 e. The fourth-order valence-corrected chi connectivity index (χ4v) is 5.67. The SMILES string of the molecule is CCOC(=O)C1=C(C)n2c(N)c(C#N)c(/C(C(=O)OC(C)(C)C)=C(\C)O)c2[C@@H](C(=O)OCC)[C@@H]1c1cccs1. The number of aliphatic hydroxyl groups is 1. The second kappa shape index (κ2) is 11.4. The van der Waals surface area contributed by atoms with Crippen LogP contribution >= 0.6 is 11.3 Å². The van der Waals surface area contributed by atoms with Crippen molar-refractivity contribution in [2.24, 2.45) is 0 Å². The maximum atomic E-state index is 13.7. The van der Waals surface area contributed by atoms with E-state index in [9.17, 15) is 24.8 Å². The Morgan fingerprint density at radius 1 is 1.21 bits per heavy atom. The molecule has 0 bridgehead atoms. The molecule has 2 aromatic rings. The largest absolute Gasteiger partial charge is 0.512 e. The van der Waals surface area contributed by atoms with Crippen LogP contribution in [0.25, 0.3) is 11.3 Å². The lowest BCUT2D eigenvalue weighted by molar-refractivity contribution is -0.148. The number of ether oxygens (including phenoxy) is 3. The molecule has 2 aromatic heterocycles. The molecule has 3 N–H and O–H groups in total. The third kappa shape index (κ3) is 5.43. The van der Waals surface area contributed by atoms with Crippen LogP contribution in [0.3, 0.4) is 0 Å². The second-order valence-corrected chi connectivity index (χ2v) is 10.9. The number of nitriles is 1. The molecule has 0 saturated carbocycles. The van der Waals surface area contributed by atoms with Gasteiger partial charge in [-0.2, -0.15) is 5.26 Å². The molecule has 1 aliphatic rings. The number of hydrogen-bond donors (Lipinski definition) is 2. The lowest BCUT2D eigenvalue weighted by Crippen LogP contribution is -2.34. The normalized spacial score (nSPS) is 17.6. The molecular weight excluding hydrogens is 522 g/mol. The molecule has 0 fully saturated rings. The maximum absolute atomic E-state index is 13.7. The van der Waals surface area contributed by atoms with Gasteiger partial charge in [-0.05, 0) is 59.9 Å². The molecule has 11 heteroatoms. The molecule has 39 heavy (non-hydrogen) atoms. The lowest BCUT2D eigenvalue weighted by atomic mass is 9.77. The number of esters is 3. The van der Waals surface area contributed by atoms with Crippen molar-refractivity contribution in [1.82, 2.24) is 4.57 Å². The highest BCUT2D eigenvalue weighted by atomic mass is 32.1. The van der Waals surface area contributed by atoms with Crippen molar-refractivity contribution in [2.45, 2.75) is 65.9 Å². The van der Waals surface area contributed by atoms with Gasteiger partial charge >= 0.3 is 17.9 Å². The summed E-state index contributed by atoms with van der Waals surface area (Å²) in [5.74, 6) is -4.89. The van der Waals surface area contributed by atoms with Crippen LogP contribution in [0.2, 0.25) is 0 Å². The van der Waals surface area contributed by atoms with Gasteiger partial charge in [0, 0.05) is 27.7 Å². The summed E-state index contributed by atoms with van der Waals surface area (Å²) in [7, 11) is 0. The van der Waals surface area contributed by atoms with Gasteiger partial charge in [-0.15, -0.1) is 11.3 Å². The third-order valence-corrected chi connectivity index (χ3v) is 7.08. The van der Waals surface area contributed by atoms with Gasteiger partial charge in [-0.3, -0.25) is 4.79 Å². The number of hydrogen-bond acceptors (Lipinski definition) is 10. The number of fused-ring (bicyclic) bond motifs is 1. The van der Waals surface area contributed by atoms with Gasteiger partial charge in [0.05, 0.1) is 18.8 Å². The minimum atomic E-state index is -1.22. The van der Waals surface area contributed by atoms with Crippen LogP contribution in [0, 0.1) is 11.3 Å². The molecule has 0 radical (unpaired) electrons. The number of anilines is 1. The van der Waals surface area contributed by atoms with E-state index in [1.807, 2.05) is 11.4 Å². The zero-order valence-electron chi connectivity index (χ0n) is 23.1. The van der Waals surface area contributed by atoms with Gasteiger partial charge in [-0.1, -0.05) is 6.07 Å². The van der Waals surface area contributed by atoms with Crippen LogP contribution in [0.5, 0.6) is 0 Å². The predicted octanol–water partition coefficient (Wildman–Crippen LogP) is 4.87. The van der Waals surface area contributed by atoms with E-state index >= 15 is 0 Å². The van der Waals surface area contributed by atoms with Gasteiger partial charge in [0.25, 0.3) is 0 Å². The van der Waals surface area contributed by atoms with Gasteiger partial charge < -0.3 is 29.6 Å². The number of carbonyl (C=O) groups is 3. The summed E-state index contributed by atoms with van der Waals surface area (Å²) in [6, 6.07) is 5.58. The van der Waals surface area contributed by atoms with E-state index in [2.05, 4.69) is 0 Å². The van der Waals surface area contributed by atoms with Crippen molar-refractivity contribution in [3.8, 4) is 6.07 Å². The first-order valence-electron chi connectivity index (χ1n) is 12.5. The second-order valence-electron chi connectivity index (χ2n) is 9.87. The molecule has 0 unspecified atom stereocenters. The van der Waals surface area contributed by atoms with Crippen molar-refractivity contribution >= 4 is 46.3 Å². The minimum absolute atomic E-state index is 0.0361.